The number of methoxy groups -OCH3 is 1. The van der Waals surface area contributed by atoms with Gasteiger partial charge in [-0.3, -0.25) is 4.79 Å². The minimum atomic E-state index is -1.15. The van der Waals surface area contributed by atoms with Gasteiger partial charge in [0.05, 0.1) is 6.61 Å². The number of benzene rings is 1. The molecule has 1 aromatic carbocycles. The van der Waals surface area contributed by atoms with E-state index < -0.39 is 11.4 Å². The highest BCUT2D eigenvalue weighted by Crippen LogP contribution is 2.27. The third-order valence-electron chi connectivity index (χ3n) is 2.81. The Balaban J connectivity index is 3.30. The average Bonchev–Trinajstić information content (AvgIpc) is 2.26. The number of hydrogen-bond donors (Lipinski definition) is 2. The number of aryl methyl sites for hydroxylation is 1. The van der Waals surface area contributed by atoms with E-state index in [1.165, 1.54) is 7.11 Å². The standard InChI is InChI=1S/C12H17NO3/c1-9-5-3-4-6-10(9)12(7-13,8-16-2)11(14)15/h3-6H,7-8,13H2,1-2H3,(H,14,15). The number of ether oxygens (including phenoxy) is 1. The molecule has 0 spiro atoms. The van der Waals surface area contributed by atoms with Crippen molar-refractivity contribution in [3.05, 3.63) is 35.4 Å². The predicted octanol–water partition coefficient (Wildman–Crippen LogP) is 0.923. The molecule has 4 nitrogen and oxygen atoms in total. The maximum atomic E-state index is 11.4. The van der Waals surface area contributed by atoms with Crippen LogP contribution in [0.5, 0.6) is 0 Å². The van der Waals surface area contributed by atoms with Gasteiger partial charge in [0.2, 0.25) is 0 Å². The molecule has 0 saturated carbocycles. The Bertz CT molecular complexity index is 378. The van der Waals surface area contributed by atoms with E-state index in [1.807, 2.05) is 25.1 Å². The van der Waals surface area contributed by atoms with Crippen LogP contribution in [0, 0.1) is 6.92 Å². The summed E-state index contributed by atoms with van der Waals surface area (Å²) in [6.07, 6.45) is 0. The van der Waals surface area contributed by atoms with Crippen LogP contribution in [-0.4, -0.2) is 31.3 Å². The van der Waals surface area contributed by atoms with E-state index in [9.17, 15) is 9.90 Å². The van der Waals surface area contributed by atoms with Crippen LogP contribution >= 0.6 is 0 Å². The van der Waals surface area contributed by atoms with Crippen LogP contribution in [0.1, 0.15) is 11.1 Å². The SMILES string of the molecule is COCC(CN)(C(=O)O)c1ccccc1C. The molecule has 0 aliphatic carbocycles. The zero-order valence-corrected chi connectivity index (χ0v) is 9.56. The molecule has 4 heteroatoms. The second kappa shape index (κ2) is 5.09. The Hall–Kier alpha value is -1.39. The van der Waals surface area contributed by atoms with E-state index in [4.69, 9.17) is 10.5 Å². The van der Waals surface area contributed by atoms with Gasteiger partial charge < -0.3 is 15.6 Å². The van der Waals surface area contributed by atoms with Crippen molar-refractivity contribution in [2.24, 2.45) is 5.73 Å². The highest BCUT2D eigenvalue weighted by atomic mass is 16.5. The molecule has 0 heterocycles. The monoisotopic (exact) mass is 223 g/mol. The molecule has 0 aromatic heterocycles. The molecule has 1 unspecified atom stereocenters. The van der Waals surface area contributed by atoms with Gasteiger partial charge in [-0.2, -0.15) is 0 Å². The van der Waals surface area contributed by atoms with Crippen molar-refractivity contribution in [1.82, 2.24) is 0 Å². The van der Waals surface area contributed by atoms with Gasteiger partial charge in [-0.15, -0.1) is 0 Å². The van der Waals surface area contributed by atoms with Gasteiger partial charge in [0.25, 0.3) is 0 Å². The zero-order valence-electron chi connectivity index (χ0n) is 9.56. The van der Waals surface area contributed by atoms with Crippen LogP contribution in [0.4, 0.5) is 0 Å². The molecule has 3 N–H and O–H groups in total. The zero-order chi connectivity index (χ0) is 12.2. The number of carboxylic acid groups (broad SMARTS) is 1. The Morgan fingerprint density at radius 1 is 1.50 bits per heavy atom. The van der Waals surface area contributed by atoms with Gasteiger partial charge in [-0.25, -0.2) is 0 Å². The van der Waals surface area contributed by atoms with Crippen LogP contribution in [0.2, 0.25) is 0 Å². The molecule has 0 radical (unpaired) electrons. The van der Waals surface area contributed by atoms with E-state index in [2.05, 4.69) is 0 Å². The van der Waals surface area contributed by atoms with Crippen molar-refractivity contribution >= 4 is 5.97 Å². The van der Waals surface area contributed by atoms with Crippen LogP contribution in [-0.2, 0) is 14.9 Å². The molecule has 16 heavy (non-hydrogen) atoms. The van der Waals surface area contributed by atoms with Crippen molar-refractivity contribution in [1.29, 1.82) is 0 Å². The molecule has 0 aliphatic rings. The molecule has 0 aliphatic heterocycles. The Labute approximate surface area is 95.0 Å². The maximum Gasteiger partial charge on any atom is 0.317 e. The molecule has 1 rings (SSSR count). The molecule has 0 saturated heterocycles. The lowest BCUT2D eigenvalue weighted by Gasteiger charge is -2.29. The van der Waals surface area contributed by atoms with Crippen LogP contribution in [0.25, 0.3) is 0 Å². The summed E-state index contributed by atoms with van der Waals surface area (Å²) in [5.41, 5.74) is 6.11. The van der Waals surface area contributed by atoms with Crippen LogP contribution < -0.4 is 5.73 Å². The maximum absolute atomic E-state index is 11.4. The number of nitrogens with two attached hydrogens (primary N) is 1. The van der Waals surface area contributed by atoms with E-state index >= 15 is 0 Å². The van der Waals surface area contributed by atoms with Gasteiger partial charge >= 0.3 is 5.97 Å². The number of carbonyl (C=O) groups is 1. The van der Waals surface area contributed by atoms with Crippen molar-refractivity contribution in [3.63, 3.8) is 0 Å². The minimum Gasteiger partial charge on any atom is -0.480 e. The summed E-state index contributed by atoms with van der Waals surface area (Å²) in [7, 11) is 1.48. The Morgan fingerprint density at radius 2 is 2.12 bits per heavy atom. The molecular formula is C12H17NO3. The van der Waals surface area contributed by atoms with Gasteiger partial charge in [0, 0.05) is 13.7 Å². The molecule has 0 amide bonds. The fraction of sp³-hybridized carbons (Fsp3) is 0.417. The van der Waals surface area contributed by atoms with Gasteiger partial charge in [0.1, 0.15) is 5.41 Å². The molecule has 88 valence electrons. The summed E-state index contributed by atoms with van der Waals surface area (Å²) in [4.78, 5) is 11.4. The average molecular weight is 223 g/mol. The van der Waals surface area contributed by atoms with E-state index in [-0.39, 0.29) is 13.2 Å². The second-order valence-corrected chi connectivity index (χ2v) is 3.84. The Morgan fingerprint density at radius 3 is 2.56 bits per heavy atom. The third kappa shape index (κ3) is 2.08. The highest BCUT2D eigenvalue weighted by molar-refractivity contribution is 5.82. The molecule has 1 atom stereocenters. The van der Waals surface area contributed by atoms with Gasteiger partial charge in [-0.05, 0) is 18.1 Å². The number of rotatable bonds is 5. The quantitative estimate of drug-likeness (QED) is 0.778. The molecular weight excluding hydrogens is 206 g/mol. The van der Waals surface area contributed by atoms with E-state index in [0.29, 0.717) is 5.56 Å². The van der Waals surface area contributed by atoms with Gasteiger partial charge in [0.15, 0.2) is 0 Å². The summed E-state index contributed by atoms with van der Waals surface area (Å²) in [6.45, 7) is 1.96. The molecule has 0 fully saturated rings. The first-order chi connectivity index (χ1) is 7.58. The first-order valence-corrected chi connectivity index (χ1v) is 5.07. The lowest BCUT2D eigenvalue weighted by atomic mass is 9.79. The topological polar surface area (TPSA) is 72.5 Å². The van der Waals surface area contributed by atoms with Crippen molar-refractivity contribution in [3.8, 4) is 0 Å². The van der Waals surface area contributed by atoms with Crippen LogP contribution in [0.3, 0.4) is 0 Å². The summed E-state index contributed by atoms with van der Waals surface area (Å²) < 4.78 is 5.01. The number of carboxylic acids is 1. The lowest BCUT2D eigenvalue weighted by molar-refractivity contribution is -0.145. The molecule has 0 bridgehead atoms. The first kappa shape index (κ1) is 12.7. The van der Waals surface area contributed by atoms with Crippen molar-refractivity contribution in [2.45, 2.75) is 12.3 Å². The summed E-state index contributed by atoms with van der Waals surface area (Å²) >= 11 is 0. The Kier molecular flexibility index (Phi) is 4.04. The molecule has 1 aromatic rings. The minimum absolute atomic E-state index is 0.0149. The normalized spacial score (nSPS) is 14.4. The first-order valence-electron chi connectivity index (χ1n) is 5.07. The second-order valence-electron chi connectivity index (χ2n) is 3.84. The van der Waals surface area contributed by atoms with E-state index in [1.54, 1.807) is 6.07 Å². The van der Waals surface area contributed by atoms with Crippen LogP contribution in [0.15, 0.2) is 24.3 Å². The summed E-state index contributed by atoms with van der Waals surface area (Å²) in [6, 6.07) is 7.34. The van der Waals surface area contributed by atoms with Gasteiger partial charge in [-0.1, -0.05) is 24.3 Å². The third-order valence-corrected chi connectivity index (χ3v) is 2.81. The summed E-state index contributed by atoms with van der Waals surface area (Å²) in [5.74, 6) is -0.953. The smallest absolute Gasteiger partial charge is 0.317 e. The fourth-order valence-electron chi connectivity index (χ4n) is 1.87. The summed E-state index contributed by atoms with van der Waals surface area (Å²) in [5, 5.41) is 9.37. The van der Waals surface area contributed by atoms with Crippen molar-refractivity contribution in [2.75, 3.05) is 20.3 Å². The number of aliphatic carboxylic acids is 1. The van der Waals surface area contributed by atoms with E-state index in [0.717, 1.165) is 5.56 Å². The largest absolute Gasteiger partial charge is 0.480 e. The predicted molar refractivity (Wildman–Crippen MR) is 61.4 cm³/mol. The lowest BCUT2D eigenvalue weighted by Crippen LogP contribution is -2.47. The highest BCUT2D eigenvalue weighted by Gasteiger charge is 2.40. The van der Waals surface area contributed by atoms with Crippen molar-refractivity contribution < 1.29 is 14.6 Å². The number of hydrogen-bond acceptors (Lipinski definition) is 3. The fourth-order valence-corrected chi connectivity index (χ4v) is 1.87.